The number of hydrogen-bond donors (Lipinski definition) is 2. The Morgan fingerprint density at radius 3 is 2.73 bits per heavy atom. The molecule has 150 valence electrons. The number of aromatic nitrogens is 4. The second kappa shape index (κ2) is 7.51. The molecule has 4 aromatic rings. The van der Waals surface area contributed by atoms with Gasteiger partial charge in [0, 0.05) is 22.9 Å². The van der Waals surface area contributed by atoms with Crippen LogP contribution in [0.3, 0.4) is 0 Å². The molecule has 2 aromatic carbocycles. The molecule has 1 aliphatic rings. The molecule has 2 heterocycles. The van der Waals surface area contributed by atoms with E-state index >= 15 is 0 Å². The lowest BCUT2D eigenvalue weighted by molar-refractivity contribution is 0.102. The van der Waals surface area contributed by atoms with Gasteiger partial charge in [-0.15, -0.1) is 0 Å². The van der Waals surface area contributed by atoms with Crippen molar-refractivity contribution >= 4 is 11.7 Å². The number of hydrogen-bond acceptors (Lipinski definition) is 4. The van der Waals surface area contributed by atoms with Crippen LogP contribution in [0.1, 0.15) is 28.2 Å². The number of H-pyrrole nitrogens is 1. The first-order valence-electron chi connectivity index (χ1n) is 9.91. The predicted molar refractivity (Wildman–Crippen MR) is 114 cm³/mol. The normalized spacial score (nSPS) is 12.6. The molecule has 2 aromatic heterocycles. The first-order chi connectivity index (χ1) is 14.7. The zero-order valence-corrected chi connectivity index (χ0v) is 16.6. The third-order valence-electron chi connectivity index (χ3n) is 5.36. The van der Waals surface area contributed by atoms with E-state index in [9.17, 15) is 4.79 Å². The predicted octanol–water partition coefficient (Wildman–Crippen LogP) is 4.01. The van der Waals surface area contributed by atoms with Gasteiger partial charge in [0.25, 0.3) is 5.91 Å². The number of methoxy groups -OCH3 is 1. The molecule has 30 heavy (non-hydrogen) atoms. The standard InChI is InChI=1S/C23H21N5O2/c1-30-20-13-6-5-10-16(20)18-14-21(26-25-18)24-23(29)22-17-11-7-12-19(17)28(27-22)15-8-3-2-4-9-15/h2-6,8-10,13-14H,7,11-12H2,1H3,(H2,24,25,26,29). The number of carbonyl (C=O) groups excluding carboxylic acids is 1. The van der Waals surface area contributed by atoms with Gasteiger partial charge >= 0.3 is 0 Å². The van der Waals surface area contributed by atoms with Crippen LogP contribution in [0.4, 0.5) is 5.82 Å². The number of amides is 1. The van der Waals surface area contributed by atoms with Crippen LogP contribution in [0, 0.1) is 0 Å². The Kier molecular flexibility index (Phi) is 4.55. The van der Waals surface area contributed by atoms with Crippen LogP contribution in [0.2, 0.25) is 0 Å². The molecule has 0 fully saturated rings. The molecule has 5 rings (SSSR count). The van der Waals surface area contributed by atoms with Crippen LogP contribution in [0.15, 0.2) is 60.7 Å². The highest BCUT2D eigenvalue weighted by Crippen LogP contribution is 2.30. The van der Waals surface area contributed by atoms with Gasteiger partial charge in [0.1, 0.15) is 5.75 Å². The number of rotatable bonds is 5. The zero-order chi connectivity index (χ0) is 20.5. The Morgan fingerprint density at radius 2 is 1.90 bits per heavy atom. The van der Waals surface area contributed by atoms with Crippen LogP contribution < -0.4 is 10.1 Å². The topological polar surface area (TPSA) is 84.8 Å². The lowest BCUT2D eigenvalue weighted by Gasteiger charge is -2.05. The Hall–Kier alpha value is -3.87. The molecule has 2 N–H and O–H groups in total. The lowest BCUT2D eigenvalue weighted by atomic mass is 10.1. The van der Waals surface area contributed by atoms with Gasteiger partial charge in [0.05, 0.1) is 18.5 Å². The monoisotopic (exact) mass is 399 g/mol. The van der Waals surface area contributed by atoms with Gasteiger partial charge in [-0.1, -0.05) is 30.3 Å². The van der Waals surface area contributed by atoms with E-state index < -0.39 is 0 Å². The summed E-state index contributed by atoms with van der Waals surface area (Å²) in [7, 11) is 1.63. The first-order valence-corrected chi connectivity index (χ1v) is 9.91. The van der Waals surface area contributed by atoms with Gasteiger partial charge in [-0.05, 0) is 43.5 Å². The molecular weight excluding hydrogens is 378 g/mol. The van der Waals surface area contributed by atoms with Gasteiger partial charge in [-0.25, -0.2) is 4.68 Å². The maximum atomic E-state index is 13.0. The van der Waals surface area contributed by atoms with Crippen LogP contribution in [0.5, 0.6) is 5.75 Å². The fraction of sp³-hybridized carbons (Fsp3) is 0.174. The number of aromatic amines is 1. The maximum Gasteiger partial charge on any atom is 0.277 e. The minimum atomic E-state index is -0.249. The van der Waals surface area contributed by atoms with E-state index in [2.05, 4.69) is 20.6 Å². The first kappa shape index (κ1) is 18.2. The third kappa shape index (κ3) is 3.14. The van der Waals surface area contributed by atoms with Crippen molar-refractivity contribution in [2.24, 2.45) is 0 Å². The molecule has 0 saturated carbocycles. The van der Waals surface area contributed by atoms with Crippen molar-refractivity contribution in [1.29, 1.82) is 0 Å². The molecule has 1 aliphatic carbocycles. The highest BCUT2D eigenvalue weighted by atomic mass is 16.5. The van der Waals surface area contributed by atoms with Crippen LogP contribution in [0.25, 0.3) is 16.9 Å². The van der Waals surface area contributed by atoms with Gasteiger partial charge in [-0.2, -0.15) is 10.2 Å². The molecular formula is C23H21N5O2. The number of para-hydroxylation sites is 2. The average Bonchev–Trinajstić information content (AvgIpc) is 3.51. The molecule has 0 aliphatic heterocycles. The number of fused-ring (bicyclic) bond motifs is 1. The van der Waals surface area contributed by atoms with Crippen molar-refractivity contribution in [3.8, 4) is 22.7 Å². The summed E-state index contributed by atoms with van der Waals surface area (Å²) in [5.41, 5.74) is 5.21. The minimum absolute atomic E-state index is 0.249. The number of ether oxygens (including phenoxy) is 1. The van der Waals surface area contributed by atoms with Crippen molar-refractivity contribution in [3.05, 3.63) is 77.6 Å². The fourth-order valence-corrected chi connectivity index (χ4v) is 3.97. The molecule has 0 spiro atoms. The second-order valence-corrected chi connectivity index (χ2v) is 7.20. The van der Waals surface area contributed by atoms with Crippen molar-refractivity contribution < 1.29 is 9.53 Å². The lowest BCUT2D eigenvalue weighted by Crippen LogP contribution is -2.15. The van der Waals surface area contributed by atoms with E-state index in [-0.39, 0.29) is 5.91 Å². The smallest absolute Gasteiger partial charge is 0.277 e. The number of nitrogens with one attached hydrogen (secondary N) is 2. The molecule has 7 heteroatoms. The van der Waals surface area contributed by atoms with Crippen molar-refractivity contribution in [3.63, 3.8) is 0 Å². The largest absolute Gasteiger partial charge is 0.496 e. The summed E-state index contributed by atoms with van der Waals surface area (Å²) in [5.74, 6) is 0.932. The Labute approximate surface area is 173 Å². The summed E-state index contributed by atoms with van der Waals surface area (Å²) in [6, 6.07) is 19.4. The highest BCUT2D eigenvalue weighted by Gasteiger charge is 2.27. The van der Waals surface area contributed by atoms with Crippen LogP contribution in [-0.2, 0) is 12.8 Å². The van der Waals surface area contributed by atoms with Crippen molar-refractivity contribution in [2.75, 3.05) is 12.4 Å². The highest BCUT2D eigenvalue weighted by molar-refractivity contribution is 6.04. The number of carbonyl (C=O) groups is 1. The van der Waals surface area contributed by atoms with Crippen LogP contribution in [-0.4, -0.2) is 33.0 Å². The Balaban J connectivity index is 1.43. The second-order valence-electron chi connectivity index (χ2n) is 7.20. The Bertz CT molecular complexity index is 1210. The van der Waals surface area contributed by atoms with E-state index in [4.69, 9.17) is 4.74 Å². The van der Waals surface area contributed by atoms with E-state index in [1.807, 2.05) is 59.3 Å². The molecule has 1 amide bonds. The molecule has 0 bridgehead atoms. The minimum Gasteiger partial charge on any atom is -0.496 e. The average molecular weight is 399 g/mol. The molecule has 7 nitrogen and oxygen atoms in total. The molecule has 0 saturated heterocycles. The zero-order valence-electron chi connectivity index (χ0n) is 16.6. The number of benzene rings is 2. The quantitative estimate of drug-likeness (QED) is 0.531. The maximum absolute atomic E-state index is 13.0. The van der Waals surface area contributed by atoms with E-state index in [1.165, 1.54) is 0 Å². The molecule has 0 radical (unpaired) electrons. The number of anilines is 1. The molecule has 0 unspecified atom stereocenters. The third-order valence-corrected chi connectivity index (χ3v) is 5.36. The van der Waals surface area contributed by atoms with Gasteiger partial charge in [0.15, 0.2) is 11.5 Å². The van der Waals surface area contributed by atoms with Crippen molar-refractivity contribution in [1.82, 2.24) is 20.0 Å². The summed E-state index contributed by atoms with van der Waals surface area (Å²) in [5, 5.41) is 14.7. The summed E-state index contributed by atoms with van der Waals surface area (Å²) in [6.07, 6.45) is 2.81. The summed E-state index contributed by atoms with van der Waals surface area (Å²) < 4.78 is 7.30. The van der Waals surface area contributed by atoms with E-state index in [0.717, 1.165) is 53.2 Å². The number of nitrogens with zero attached hydrogens (tertiary/aromatic N) is 3. The van der Waals surface area contributed by atoms with Crippen molar-refractivity contribution in [2.45, 2.75) is 19.3 Å². The summed E-state index contributed by atoms with van der Waals surface area (Å²) >= 11 is 0. The van der Waals surface area contributed by atoms with Gasteiger partial charge in [-0.3, -0.25) is 9.89 Å². The fourth-order valence-electron chi connectivity index (χ4n) is 3.97. The van der Waals surface area contributed by atoms with E-state index in [0.29, 0.717) is 11.5 Å². The van der Waals surface area contributed by atoms with E-state index in [1.54, 1.807) is 13.2 Å². The van der Waals surface area contributed by atoms with Crippen LogP contribution >= 0.6 is 0 Å². The van der Waals surface area contributed by atoms with Gasteiger partial charge in [0.2, 0.25) is 0 Å². The van der Waals surface area contributed by atoms with Gasteiger partial charge < -0.3 is 10.1 Å². The Morgan fingerprint density at radius 1 is 1.10 bits per heavy atom. The summed E-state index contributed by atoms with van der Waals surface area (Å²) in [4.78, 5) is 13.0. The summed E-state index contributed by atoms with van der Waals surface area (Å²) in [6.45, 7) is 0. The SMILES string of the molecule is COc1ccccc1-c1cc(NC(=O)c2nn(-c3ccccc3)c3c2CCC3)n[nH]1. The molecule has 0 atom stereocenters.